The molecular formula is C12H16Cl2FN. The molecule has 1 aromatic carbocycles. The number of hydrogen-bond donors (Lipinski definition) is 1. The van der Waals surface area contributed by atoms with E-state index in [2.05, 4.69) is 6.92 Å². The molecule has 0 aliphatic carbocycles. The van der Waals surface area contributed by atoms with Gasteiger partial charge in [0.25, 0.3) is 0 Å². The number of rotatable bonds is 5. The molecule has 4 heteroatoms. The zero-order chi connectivity index (χ0) is 12.1. The molecule has 0 unspecified atom stereocenters. The third-order valence-corrected chi connectivity index (χ3v) is 3.19. The van der Waals surface area contributed by atoms with Crippen molar-refractivity contribution in [2.45, 2.75) is 38.6 Å². The van der Waals surface area contributed by atoms with Gasteiger partial charge in [-0.2, -0.15) is 0 Å². The van der Waals surface area contributed by atoms with Gasteiger partial charge in [0.15, 0.2) is 0 Å². The van der Waals surface area contributed by atoms with E-state index < -0.39 is 5.82 Å². The summed E-state index contributed by atoms with van der Waals surface area (Å²) < 4.78 is 13.7. The van der Waals surface area contributed by atoms with Gasteiger partial charge in [-0.3, -0.25) is 0 Å². The molecule has 0 fully saturated rings. The molecule has 90 valence electrons. The van der Waals surface area contributed by atoms with E-state index in [4.69, 9.17) is 28.9 Å². The molecule has 0 saturated carbocycles. The molecule has 0 heterocycles. The summed E-state index contributed by atoms with van der Waals surface area (Å²) in [6.45, 7) is 2.11. The van der Waals surface area contributed by atoms with Crippen LogP contribution in [0, 0.1) is 5.82 Å². The van der Waals surface area contributed by atoms with Crippen LogP contribution < -0.4 is 5.73 Å². The van der Waals surface area contributed by atoms with Gasteiger partial charge in [-0.05, 0) is 18.6 Å². The number of unbranched alkanes of at least 4 members (excludes halogenated alkanes) is 2. The van der Waals surface area contributed by atoms with Crippen LogP contribution >= 0.6 is 23.2 Å². The van der Waals surface area contributed by atoms with Crippen molar-refractivity contribution in [1.82, 2.24) is 0 Å². The standard InChI is InChI=1S/C12H16Cl2FN/c1-2-3-4-5-10(16)11-8(13)6-7-9(14)12(11)15/h6-7,10H,2-5,16H2,1H3/t10-/m0/s1. The Labute approximate surface area is 106 Å². The Morgan fingerprint density at radius 1 is 1.25 bits per heavy atom. The largest absolute Gasteiger partial charge is 0.324 e. The summed E-state index contributed by atoms with van der Waals surface area (Å²) in [7, 11) is 0. The fourth-order valence-corrected chi connectivity index (χ4v) is 2.09. The SMILES string of the molecule is CCCCC[C@H](N)c1c(Cl)ccc(Cl)c1F. The van der Waals surface area contributed by atoms with E-state index in [0.717, 1.165) is 25.7 Å². The fourth-order valence-electron chi connectivity index (χ4n) is 1.64. The highest BCUT2D eigenvalue weighted by molar-refractivity contribution is 6.33. The van der Waals surface area contributed by atoms with Crippen LogP contribution in [0.1, 0.15) is 44.2 Å². The van der Waals surface area contributed by atoms with Gasteiger partial charge in [-0.15, -0.1) is 0 Å². The number of hydrogen-bond acceptors (Lipinski definition) is 1. The molecule has 0 bridgehead atoms. The lowest BCUT2D eigenvalue weighted by Gasteiger charge is -2.15. The van der Waals surface area contributed by atoms with Gasteiger partial charge in [0.05, 0.1) is 5.02 Å². The predicted molar refractivity (Wildman–Crippen MR) is 67.5 cm³/mol. The zero-order valence-corrected chi connectivity index (χ0v) is 10.8. The van der Waals surface area contributed by atoms with Gasteiger partial charge < -0.3 is 5.73 Å². The lowest BCUT2D eigenvalue weighted by molar-refractivity contribution is 0.539. The fraction of sp³-hybridized carbons (Fsp3) is 0.500. The smallest absolute Gasteiger partial charge is 0.148 e. The van der Waals surface area contributed by atoms with Crippen LogP contribution in [0.2, 0.25) is 10.0 Å². The molecule has 1 rings (SSSR count). The average molecular weight is 264 g/mol. The second-order valence-electron chi connectivity index (χ2n) is 3.86. The Kier molecular flexibility index (Phi) is 5.53. The van der Waals surface area contributed by atoms with E-state index >= 15 is 0 Å². The minimum Gasteiger partial charge on any atom is -0.324 e. The highest BCUT2D eigenvalue weighted by Crippen LogP contribution is 2.31. The van der Waals surface area contributed by atoms with Crippen molar-refractivity contribution in [3.05, 3.63) is 33.6 Å². The first-order chi connectivity index (χ1) is 7.57. The minimum atomic E-state index is -0.488. The molecule has 2 N–H and O–H groups in total. The van der Waals surface area contributed by atoms with Crippen molar-refractivity contribution in [3.8, 4) is 0 Å². The van der Waals surface area contributed by atoms with E-state index in [1.165, 1.54) is 6.07 Å². The maximum absolute atomic E-state index is 13.7. The van der Waals surface area contributed by atoms with Crippen LogP contribution in [-0.4, -0.2) is 0 Å². The van der Waals surface area contributed by atoms with E-state index in [0.29, 0.717) is 10.6 Å². The first-order valence-electron chi connectivity index (χ1n) is 5.46. The Balaban J connectivity index is 2.81. The topological polar surface area (TPSA) is 26.0 Å². The Morgan fingerprint density at radius 2 is 1.88 bits per heavy atom. The predicted octanol–water partition coefficient (Wildman–Crippen LogP) is 4.71. The minimum absolute atomic E-state index is 0.0744. The normalized spacial score (nSPS) is 12.8. The maximum Gasteiger partial charge on any atom is 0.148 e. The lowest BCUT2D eigenvalue weighted by atomic mass is 10.0. The maximum atomic E-state index is 13.7. The summed E-state index contributed by atoms with van der Waals surface area (Å²) in [6.07, 6.45) is 3.90. The van der Waals surface area contributed by atoms with Gasteiger partial charge in [0, 0.05) is 16.6 Å². The second kappa shape index (κ2) is 6.43. The van der Waals surface area contributed by atoms with Crippen molar-refractivity contribution in [1.29, 1.82) is 0 Å². The van der Waals surface area contributed by atoms with Crippen LogP contribution in [0.15, 0.2) is 12.1 Å². The van der Waals surface area contributed by atoms with Crippen LogP contribution in [0.5, 0.6) is 0 Å². The van der Waals surface area contributed by atoms with E-state index in [9.17, 15) is 4.39 Å². The summed E-state index contributed by atoms with van der Waals surface area (Å²) in [6, 6.07) is 2.65. The highest BCUT2D eigenvalue weighted by Gasteiger charge is 2.17. The van der Waals surface area contributed by atoms with Crippen LogP contribution in [0.4, 0.5) is 4.39 Å². The molecular weight excluding hydrogens is 248 g/mol. The van der Waals surface area contributed by atoms with Gasteiger partial charge in [-0.25, -0.2) is 4.39 Å². The zero-order valence-electron chi connectivity index (χ0n) is 9.27. The van der Waals surface area contributed by atoms with Crippen LogP contribution in [-0.2, 0) is 0 Å². The summed E-state index contributed by atoms with van der Waals surface area (Å²) in [5, 5.41) is 0.427. The molecule has 1 atom stereocenters. The van der Waals surface area contributed by atoms with Gasteiger partial charge in [-0.1, -0.05) is 49.4 Å². The van der Waals surface area contributed by atoms with Crippen molar-refractivity contribution in [2.24, 2.45) is 5.73 Å². The molecule has 0 aromatic heterocycles. The number of benzene rings is 1. The van der Waals surface area contributed by atoms with Crippen LogP contribution in [0.3, 0.4) is 0 Å². The molecule has 0 amide bonds. The Bertz CT molecular complexity index is 355. The Hall–Kier alpha value is -0.310. The third kappa shape index (κ3) is 3.34. The molecule has 0 aliphatic rings. The van der Waals surface area contributed by atoms with Gasteiger partial charge >= 0.3 is 0 Å². The van der Waals surface area contributed by atoms with Crippen molar-refractivity contribution in [2.75, 3.05) is 0 Å². The van der Waals surface area contributed by atoms with Gasteiger partial charge in [0.2, 0.25) is 0 Å². The van der Waals surface area contributed by atoms with Gasteiger partial charge in [0.1, 0.15) is 5.82 Å². The molecule has 0 saturated heterocycles. The van der Waals surface area contributed by atoms with Crippen LogP contribution in [0.25, 0.3) is 0 Å². The summed E-state index contributed by atoms with van der Waals surface area (Å²) in [5.41, 5.74) is 6.26. The van der Waals surface area contributed by atoms with E-state index in [1.807, 2.05) is 0 Å². The third-order valence-electron chi connectivity index (χ3n) is 2.57. The summed E-state index contributed by atoms with van der Waals surface area (Å²) in [5.74, 6) is -0.488. The van der Waals surface area contributed by atoms with Crippen molar-refractivity contribution < 1.29 is 4.39 Å². The number of halogens is 3. The van der Waals surface area contributed by atoms with Crippen molar-refractivity contribution in [3.63, 3.8) is 0 Å². The molecule has 1 nitrogen and oxygen atoms in total. The highest BCUT2D eigenvalue weighted by atomic mass is 35.5. The monoisotopic (exact) mass is 263 g/mol. The Morgan fingerprint density at radius 3 is 2.50 bits per heavy atom. The van der Waals surface area contributed by atoms with Crippen molar-refractivity contribution >= 4 is 23.2 Å². The summed E-state index contributed by atoms with van der Waals surface area (Å²) in [4.78, 5) is 0. The first kappa shape index (κ1) is 13.8. The molecule has 1 aromatic rings. The molecule has 0 aliphatic heterocycles. The summed E-state index contributed by atoms with van der Waals surface area (Å²) >= 11 is 11.6. The second-order valence-corrected chi connectivity index (χ2v) is 4.67. The quantitative estimate of drug-likeness (QED) is 0.604. The average Bonchev–Trinajstić information content (AvgIpc) is 2.24. The van der Waals surface area contributed by atoms with E-state index in [1.54, 1.807) is 6.07 Å². The first-order valence-corrected chi connectivity index (χ1v) is 6.22. The van der Waals surface area contributed by atoms with E-state index in [-0.39, 0.29) is 11.1 Å². The molecule has 0 spiro atoms. The molecule has 0 radical (unpaired) electrons. The molecule has 16 heavy (non-hydrogen) atoms. The number of nitrogens with two attached hydrogens (primary N) is 1. The lowest BCUT2D eigenvalue weighted by Crippen LogP contribution is -2.13.